The molecule has 0 aliphatic carbocycles. The normalized spacial score (nSPS) is 17.2. The minimum atomic E-state index is -0.111. The minimum absolute atomic E-state index is 0.111. The highest BCUT2D eigenvalue weighted by atomic mass is 19.1. The van der Waals surface area contributed by atoms with Crippen molar-refractivity contribution in [2.45, 2.75) is 26.2 Å². The lowest BCUT2D eigenvalue weighted by Crippen LogP contribution is -2.28. The Balaban J connectivity index is 2.03. The van der Waals surface area contributed by atoms with E-state index in [1.807, 2.05) is 17.7 Å². The van der Waals surface area contributed by atoms with Gasteiger partial charge in [0.05, 0.1) is 5.52 Å². The molecule has 2 nitrogen and oxygen atoms in total. The Bertz CT molecular complexity index is 594. The van der Waals surface area contributed by atoms with Crippen LogP contribution in [0, 0.1) is 18.7 Å². The predicted octanol–water partition coefficient (Wildman–Crippen LogP) is 3.17. The molecule has 3 rings (SSSR count). The highest BCUT2D eigenvalue weighted by Gasteiger charge is 2.20. The molecule has 0 bridgehead atoms. The Kier molecular flexibility index (Phi) is 3.31. The van der Waals surface area contributed by atoms with E-state index in [1.165, 1.54) is 24.1 Å². The molecule has 19 heavy (non-hydrogen) atoms. The smallest absolute Gasteiger partial charge is 0.147 e. The number of hydrogen-bond acceptors (Lipinski definition) is 1. The Morgan fingerprint density at radius 3 is 2.79 bits per heavy atom. The van der Waals surface area contributed by atoms with E-state index in [0.29, 0.717) is 0 Å². The van der Waals surface area contributed by atoms with Crippen molar-refractivity contribution >= 4 is 10.9 Å². The zero-order chi connectivity index (χ0) is 13.4. The van der Waals surface area contributed by atoms with Gasteiger partial charge >= 0.3 is 0 Å². The summed E-state index contributed by atoms with van der Waals surface area (Å²) in [5.74, 6) is 0.619. The number of aromatic nitrogens is 1. The topological polar surface area (TPSA) is 17.0 Å². The lowest BCUT2D eigenvalue weighted by Gasteiger charge is -2.22. The molecule has 1 N–H and O–H groups in total. The van der Waals surface area contributed by atoms with Crippen molar-refractivity contribution in [2.24, 2.45) is 13.0 Å². The van der Waals surface area contributed by atoms with Crippen LogP contribution in [0.4, 0.5) is 4.39 Å². The summed E-state index contributed by atoms with van der Waals surface area (Å²) in [7, 11) is 1.96. The van der Waals surface area contributed by atoms with Gasteiger partial charge in [0.25, 0.3) is 0 Å². The van der Waals surface area contributed by atoms with E-state index in [4.69, 9.17) is 0 Å². The highest BCUT2D eigenvalue weighted by Crippen LogP contribution is 2.30. The summed E-state index contributed by atoms with van der Waals surface area (Å²) in [5, 5.41) is 4.50. The standard InChI is InChI=1S/C16H21FN2/c1-11-14(10-12-6-8-18-9-7-12)13-4-3-5-15(17)16(13)19(11)2/h3-5,12,18H,6-10H2,1-2H3. The fraction of sp³-hybridized carbons (Fsp3) is 0.500. The van der Waals surface area contributed by atoms with Gasteiger partial charge in [-0.1, -0.05) is 12.1 Å². The lowest BCUT2D eigenvalue weighted by molar-refractivity contribution is 0.373. The van der Waals surface area contributed by atoms with Gasteiger partial charge in [-0.25, -0.2) is 4.39 Å². The summed E-state index contributed by atoms with van der Waals surface area (Å²) >= 11 is 0. The molecule has 0 atom stereocenters. The number of benzene rings is 1. The van der Waals surface area contributed by atoms with Crippen molar-refractivity contribution in [2.75, 3.05) is 13.1 Å². The summed E-state index contributed by atoms with van der Waals surface area (Å²) < 4.78 is 16.0. The third-order valence-corrected chi connectivity index (χ3v) is 4.54. The van der Waals surface area contributed by atoms with Gasteiger partial charge < -0.3 is 9.88 Å². The van der Waals surface area contributed by atoms with Gasteiger partial charge in [-0.15, -0.1) is 0 Å². The zero-order valence-corrected chi connectivity index (χ0v) is 11.7. The summed E-state index contributed by atoms with van der Waals surface area (Å²) in [6, 6.07) is 5.43. The molecule has 0 amide bonds. The van der Waals surface area contributed by atoms with Crippen LogP contribution in [0.3, 0.4) is 0 Å². The van der Waals surface area contributed by atoms with Gasteiger partial charge in [-0.2, -0.15) is 0 Å². The van der Waals surface area contributed by atoms with Crippen molar-refractivity contribution in [3.63, 3.8) is 0 Å². The maximum Gasteiger partial charge on any atom is 0.147 e. The summed E-state index contributed by atoms with van der Waals surface area (Å²) in [4.78, 5) is 0. The number of fused-ring (bicyclic) bond motifs is 1. The number of piperidine rings is 1. The monoisotopic (exact) mass is 260 g/mol. The van der Waals surface area contributed by atoms with Crippen molar-refractivity contribution in [3.8, 4) is 0 Å². The van der Waals surface area contributed by atoms with E-state index in [-0.39, 0.29) is 5.82 Å². The molecule has 0 radical (unpaired) electrons. The van der Waals surface area contributed by atoms with Crippen LogP contribution >= 0.6 is 0 Å². The molecule has 102 valence electrons. The van der Waals surface area contributed by atoms with E-state index in [1.54, 1.807) is 6.07 Å². The number of rotatable bonds is 2. The number of nitrogens with one attached hydrogen (secondary N) is 1. The van der Waals surface area contributed by atoms with Crippen LogP contribution in [0.15, 0.2) is 18.2 Å². The molecular weight excluding hydrogens is 239 g/mol. The SMILES string of the molecule is Cc1c(CC2CCNCC2)c2cccc(F)c2n1C. The molecule has 3 heteroatoms. The number of halogens is 1. The molecule has 1 saturated heterocycles. The Labute approximate surface area is 113 Å². The van der Waals surface area contributed by atoms with Crippen LogP contribution in [-0.4, -0.2) is 17.7 Å². The van der Waals surface area contributed by atoms with Crippen molar-refractivity contribution in [3.05, 3.63) is 35.3 Å². The van der Waals surface area contributed by atoms with E-state index >= 15 is 0 Å². The maximum atomic E-state index is 14.0. The molecular formula is C16H21FN2. The Hall–Kier alpha value is -1.35. The first-order valence-corrected chi connectivity index (χ1v) is 7.11. The third-order valence-electron chi connectivity index (χ3n) is 4.54. The van der Waals surface area contributed by atoms with E-state index < -0.39 is 0 Å². The van der Waals surface area contributed by atoms with Gasteiger partial charge in [0, 0.05) is 18.1 Å². The van der Waals surface area contributed by atoms with Crippen LogP contribution in [0.1, 0.15) is 24.1 Å². The average molecular weight is 260 g/mol. The maximum absolute atomic E-state index is 14.0. The van der Waals surface area contributed by atoms with Gasteiger partial charge in [0.1, 0.15) is 5.82 Å². The quantitative estimate of drug-likeness (QED) is 0.877. The molecule has 1 fully saturated rings. The first kappa shape index (κ1) is 12.7. The van der Waals surface area contributed by atoms with E-state index in [9.17, 15) is 4.39 Å². The van der Waals surface area contributed by atoms with Gasteiger partial charge in [0.2, 0.25) is 0 Å². The van der Waals surface area contributed by atoms with Crippen LogP contribution < -0.4 is 5.32 Å². The summed E-state index contributed by atoms with van der Waals surface area (Å²) in [6.45, 7) is 4.33. The van der Waals surface area contributed by atoms with Gasteiger partial charge in [0.15, 0.2) is 0 Å². The second kappa shape index (κ2) is 4.97. The van der Waals surface area contributed by atoms with Gasteiger partial charge in [-0.3, -0.25) is 0 Å². The minimum Gasteiger partial charge on any atom is -0.345 e. The Morgan fingerprint density at radius 2 is 2.05 bits per heavy atom. The largest absolute Gasteiger partial charge is 0.345 e. The van der Waals surface area contributed by atoms with Gasteiger partial charge in [-0.05, 0) is 56.8 Å². The fourth-order valence-corrected chi connectivity index (χ4v) is 3.30. The van der Waals surface area contributed by atoms with Crippen molar-refractivity contribution < 1.29 is 4.39 Å². The van der Waals surface area contributed by atoms with Crippen LogP contribution in [0.2, 0.25) is 0 Å². The number of nitrogens with zero attached hydrogens (tertiary/aromatic N) is 1. The molecule has 2 aromatic rings. The molecule has 0 saturated carbocycles. The third kappa shape index (κ3) is 2.16. The molecule has 2 heterocycles. The highest BCUT2D eigenvalue weighted by molar-refractivity contribution is 5.86. The second-order valence-corrected chi connectivity index (χ2v) is 5.66. The number of aryl methyl sites for hydroxylation is 1. The van der Waals surface area contributed by atoms with Crippen LogP contribution in [-0.2, 0) is 13.5 Å². The zero-order valence-electron chi connectivity index (χ0n) is 11.7. The predicted molar refractivity (Wildman–Crippen MR) is 76.9 cm³/mol. The fourth-order valence-electron chi connectivity index (χ4n) is 3.30. The first-order chi connectivity index (χ1) is 9.18. The van der Waals surface area contributed by atoms with Crippen molar-refractivity contribution in [1.82, 2.24) is 9.88 Å². The summed E-state index contributed by atoms with van der Waals surface area (Å²) in [6.07, 6.45) is 3.53. The molecule has 0 unspecified atom stereocenters. The Morgan fingerprint density at radius 1 is 1.32 bits per heavy atom. The average Bonchev–Trinajstić information content (AvgIpc) is 2.66. The van der Waals surface area contributed by atoms with Crippen LogP contribution in [0.25, 0.3) is 10.9 Å². The first-order valence-electron chi connectivity index (χ1n) is 7.11. The molecule has 1 aromatic heterocycles. The molecule has 1 aliphatic heterocycles. The molecule has 1 aliphatic rings. The van der Waals surface area contributed by atoms with E-state index in [2.05, 4.69) is 18.3 Å². The lowest BCUT2D eigenvalue weighted by atomic mass is 9.90. The molecule has 1 aromatic carbocycles. The van der Waals surface area contributed by atoms with Crippen LogP contribution in [0.5, 0.6) is 0 Å². The van der Waals surface area contributed by atoms with Crippen molar-refractivity contribution in [1.29, 1.82) is 0 Å². The number of para-hydroxylation sites is 1. The summed E-state index contributed by atoms with van der Waals surface area (Å²) in [5.41, 5.74) is 3.30. The van der Waals surface area contributed by atoms with E-state index in [0.717, 1.165) is 36.3 Å². The number of hydrogen-bond donors (Lipinski definition) is 1. The second-order valence-electron chi connectivity index (χ2n) is 5.66. The molecule has 0 spiro atoms.